The topological polar surface area (TPSA) is 39.9 Å². The fraction of sp³-hybridized carbons (Fsp3) is 0.182. The number of hydrogen-bond acceptors (Lipinski definition) is 4. The van der Waals surface area contributed by atoms with Crippen molar-refractivity contribution in [2.45, 2.75) is 24.4 Å². The highest BCUT2D eigenvalue weighted by Gasteiger charge is 2.12. The van der Waals surface area contributed by atoms with E-state index in [0.29, 0.717) is 22.4 Å². The SMILES string of the molecule is Cc1c(OCc2nnc(SCc3ccc(Cl)cc3Cl)n2C)ccc2ccccc12. The van der Waals surface area contributed by atoms with Gasteiger partial charge >= 0.3 is 0 Å². The molecule has 0 aliphatic carbocycles. The Morgan fingerprint density at radius 1 is 1.03 bits per heavy atom. The Balaban J connectivity index is 1.44. The van der Waals surface area contributed by atoms with Gasteiger partial charge in [0.25, 0.3) is 0 Å². The van der Waals surface area contributed by atoms with Gasteiger partial charge in [0.05, 0.1) is 0 Å². The quantitative estimate of drug-likeness (QED) is 0.320. The maximum absolute atomic E-state index is 6.25. The molecule has 0 saturated carbocycles. The third-order valence-corrected chi connectivity index (χ3v) is 6.46. The second kappa shape index (κ2) is 8.66. The second-order valence-electron chi connectivity index (χ2n) is 6.68. The Morgan fingerprint density at radius 3 is 2.69 bits per heavy atom. The zero-order valence-corrected chi connectivity index (χ0v) is 18.4. The minimum Gasteiger partial charge on any atom is -0.485 e. The molecular weight excluding hydrogens is 425 g/mol. The summed E-state index contributed by atoms with van der Waals surface area (Å²) < 4.78 is 8.00. The summed E-state index contributed by atoms with van der Waals surface area (Å²) in [6, 6.07) is 17.9. The number of aryl methyl sites for hydroxylation is 1. The van der Waals surface area contributed by atoms with E-state index in [9.17, 15) is 0 Å². The van der Waals surface area contributed by atoms with Gasteiger partial charge in [-0.1, -0.05) is 71.4 Å². The van der Waals surface area contributed by atoms with E-state index in [1.54, 1.807) is 17.8 Å². The molecule has 148 valence electrons. The molecule has 0 unspecified atom stereocenters. The first kappa shape index (κ1) is 20.1. The third-order valence-electron chi connectivity index (χ3n) is 4.80. The van der Waals surface area contributed by atoms with Gasteiger partial charge in [0.2, 0.25) is 0 Å². The van der Waals surface area contributed by atoms with Gasteiger partial charge in [0.15, 0.2) is 11.0 Å². The van der Waals surface area contributed by atoms with E-state index in [-0.39, 0.29) is 0 Å². The number of nitrogens with zero attached hydrogens (tertiary/aromatic N) is 3. The molecule has 29 heavy (non-hydrogen) atoms. The standard InChI is InChI=1S/C22H19Cl2N3OS/c1-14-18-6-4-3-5-15(18)8-10-20(14)28-12-21-25-26-22(27(21)2)29-13-16-7-9-17(23)11-19(16)24/h3-11H,12-13H2,1-2H3. The summed E-state index contributed by atoms with van der Waals surface area (Å²) in [6.45, 7) is 2.43. The maximum atomic E-state index is 6.25. The summed E-state index contributed by atoms with van der Waals surface area (Å²) in [5.74, 6) is 2.31. The molecule has 0 atom stereocenters. The lowest BCUT2D eigenvalue weighted by molar-refractivity contribution is 0.289. The highest BCUT2D eigenvalue weighted by Crippen LogP contribution is 2.29. The van der Waals surface area contributed by atoms with Gasteiger partial charge in [0.1, 0.15) is 12.4 Å². The van der Waals surface area contributed by atoms with Crippen LogP contribution >= 0.6 is 35.0 Å². The third kappa shape index (κ3) is 4.37. The van der Waals surface area contributed by atoms with Gasteiger partial charge in [-0.2, -0.15) is 0 Å². The van der Waals surface area contributed by atoms with Crippen molar-refractivity contribution >= 4 is 45.7 Å². The summed E-state index contributed by atoms with van der Waals surface area (Å²) in [4.78, 5) is 0. The van der Waals surface area contributed by atoms with Gasteiger partial charge in [-0.25, -0.2) is 0 Å². The molecule has 4 aromatic rings. The first-order valence-electron chi connectivity index (χ1n) is 9.09. The van der Waals surface area contributed by atoms with Crippen molar-refractivity contribution in [1.82, 2.24) is 14.8 Å². The Hall–Kier alpha value is -2.21. The number of halogens is 2. The highest BCUT2D eigenvalue weighted by molar-refractivity contribution is 7.98. The van der Waals surface area contributed by atoms with Gasteiger partial charge in [-0.3, -0.25) is 0 Å². The molecule has 1 heterocycles. The molecule has 0 aliphatic rings. The van der Waals surface area contributed by atoms with Crippen LogP contribution in [0.3, 0.4) is 0 Å². The Morgan fingerprint density at radius 2 is 1.86 bits per heavy atom. The predicted molar refractivity (Wildman–Crippen MR) is 120 cm³/mol. The number of aromatic nitrogens is 3. The number of benzene rings is 3. The fourth-order valence-electron chi connectivity index (χ4n) is 3.08. The van der Waals surface area contributed by atoms with E-state index in [2.05, 4.69) is 35.3 Å². The molecule has 0 bridgehead atoms. The van der Waals surface area contributed by atoms with E-state index in [1.807, 2.05) is 41.9 Å². The van der Waals surface area contributed by atoms with Crippen molar-refractivity contribution in [2.75, 3.05) is 0 Å². The molecule has 0 amide bonds. The summed E-state index contributed by atoms with van der Waals surface area (Å²) in [5.41, 5.74) is 2.13. The molecular formula is C22H19Cl2N3OS. The first-order valence-corrected chi connectivity index (χ1v) is 10.8. The molecule has 0 spiro atoms. The summed E-state index contributed by atoms with van der Waals surface area (Å²) in [6.07, 6.45) is 0. The van der Waals surface area contributed by atoms with Crippen LogP contribution in [0, 0.1) is 6.92 Å². The van der Waals surface area contributed by atoms with Crippen LogP contribution in [0.2, 0.25) is 10.0 Å². The van der Waals surface area contributed by atoms with E-state index in [0.717, 1.165) is 27.9 Å². The van der Waals surface area contributed by atoms with Crippen LogP contribution in [-0.4, -0.2) is 14.8 Å². The van der Waals surface area contributed by atoms with Crippen LogP contribution in [0.15, 0.2) is 59.8 Å². The predicted octanol–water partition coefficient (Wildman–Crippen LogP) is 6.45. The summed E-state index contributed by atoms with van der Waals surface area (Å²) >= 11 is 13.8. The number of thioether (sulfide) groups is 1. The molecule has 7 heteroatoms. The lowest BCUT2D eigenvalue weighted by Gasteiger charge is -2.11. The van der Waals surface area contributed by atoms with E-state index in [1.165, 1.54) is 10.8 Å². The van der Waals surface area contributed by atoms with Crippen molar-refractivity contribution in [1.29, 1.82) is 0 Å². The first-order chi connectivity index (χ1) is 14.0. The largest absolute Gasteiger partial charge is 0.485 e. The molecule has 3 aromatic carbocycles. The summed E-state index contributed by atoms with van der Waals surface area (Å²) in [7, 11) is 1.94. The highest BCUT2D eigenvalue weighted by atomic mass is 35.5. The molecule has 0 N–H and O–H groups in total. The van der Waals surface area contributed by atoms with Crippen LogP contribution < -0.4 is 4.74 Å². The molecule has 1 aromatic heterocycles. The number of ether oxygens (including phenoxy) is 1. The van der Waals surface area contributed by atoms with Crippen LogP contribution in [0.5, 0.6) is 5.75 Å². The molecule has 0 aliphatic heterocycles. The van der Waals surface area contributed by atoms with E-state index < -0.39 is 0 Å². The van der Waals surface area contributed by atoms with Gasteiger partial charge in [0, 0.05) is 22.8 Å². The zero-order chi connectivity index (χ0) is 20.4. The van der Waals surface area contributed by atoms with E-state index in [4.69, 9.17) is 27.9 Å². The number of hydrogen-bond donors (Lipinski definition) is 0. The molecule has 4 rings (SSSR count). The Kier molecular flexibility index (Phi) is 5.99. The van der Waals surface area contributed by atoms with Crippen LogP contribution in [0.4, 0.5) is 0 Å². The van der Waals surface area contributed by atoms with Crippen molar-refractivity contribution < 1.29 is 4.74 Å². The Bertz CT molecular complexity index is 1180. The fourth-order valence-corrected chi connectivity index (χ4v) is 4.57. The Labute approximate surface area is 183 Å². The normalized spacial score (nSPS) is 11.2. The summed E-state index contributed by atoms with van der Waals surface area (Å²) in [5, 5.41) is 13.1. The number of rotatable bonds is 6. The van der Waals surface area contributed by atoms with Crippen LogP contribution in [-0.2, 0) is 19.4 Å². The van der Waals surface area contributed by atoms with Crippen molar-refractivity contribution in [3.63, 3.8) is 0 Å². The minimum atomic E-state index is 0.352. The number of fused-ring (bicyclic) bond motifs is 1. The lowest BCUT2D eigenvalue weighted by atomic mass is 10.0. The van der Waals surface area contributed by atoms with Crippen LogP contribution in [0.25, 0.3) is 10.8 Å². The lowest BCUT2D eigenvalue weighted by Crippen LogP contribution is -2.05. The monoisotopic (exact) mass is 443 g/mol. The molecule has 0 fully saturated rings. The van der Waals surface area contributed by atoms with E-state index >= 15 is 0 Å². The smallest absolute Gasteiger partial charge is 0.191 e. The van der Waals surface area contributed by atoms with Gasteiger partial charge in [-0.15, -0.1) is 10.2 Å². The average Bonchev–Trinajstić information content (AvgIpc) is 3.07. The van der Waals surface area contributed by atoms with Crippen molar-refractivity contribution in [2.24, 2.45) is 7.05 Å². The second-order valence-corrected chi connectivity index (χ2v) is 8.47. The maximum Gasteiger partial charge on any atom is 0.191 e. The van der Waals surface area contributed by atoms with Gasteiger partial charge < -0.3 is 9.30 Å². The van der Waals surface area contributed by atoms with Crippen LogP contribution in [0.1, 0.15) is 17.0 Å². The average molecular weight is 444 g/mol. The van der Waals surface area contributed by atoms with Crippen molar-refractivity contribution in [3.8, 4) is 5.75 Å². The van der Waals surface area contributed by atoms with Crippen molar-refractivity contribution in [3.05, 3.63) is 81.6 Å². The van der Waals surface area contributed by atoms with Gasteiger partial charge in [-0.05, 0) is 47.0 Å². The molecule has 4 nitrogen and oxygen atoms in total. The molecule has 0 saturated heterocycles. The zero-order valence-electron chi connectivity index (χ0n) is 16.0. The minimum absolute atomic E-state index is 0.352. The molecule has 0 radical (unpaired) electrons.